The molecule has 5 heteroatoms. The zero-order chi connectivity index (χ0) is 8.55. The van der Waals surface area contributed by atoms with Crippen LogP contribution < -0.4 is 5.73 Å². The fourth-order valence-electron chi connectivity index (χ4n) is 1.36. The summed E-state index contributed by atoms with van der Waals surface area (Å²) in [5, 5.41) is 18.3. The average molecular weight is 185 g/mol. The number of aliphatic hydroxyl groups excluding tert-OH is 1. The Labute approximate surface area is 74.4 Å². The highest BCUT2D eigenvalue weighted by molar-refractivity contribution is 7.11. The summed E-state index contributed by atoms with van der Waals surface area (Å²) in [7, 11) is 0. The van der Waals surface area contributed by atoms with Crippen LogP contribution in [0, 0.1) is 0 Å². The summed E-state index contributed by atoms with van der Waals surface area (Å²) in [6, 6.07) is 0.344. The van der Waals surface area contributed by atoms with Gasteiger partial charge in [-0.15, -0.1) is 10.2 Å². The van der Waals surface area contributed by atoms with Crippen molar-refractivity contribution in [1.29, 1.82) is 0 Å². The molecule has 0 bridgehead atoms. The quantitative estimate of drug-likeness (QED) is 0.692. The average Bonchev–Trinajstić information content (AvgIpc) is 2.46. The van der Waals surface area contributed by atoms with Gasteiger partial charge < -0.3 is 10.8 Å². The van der Waals surface area contributed by atoms with Crippen LogP contribution in [-0.2, 0) is 6.61 Å². The van der Waals surface area contributed by atoms with E-state index in [1.807, 2.05) is 0 Å². The number of hydrogen-bond donors (Lipinski definition) is 2. The highest BCUT2D eigenvalue weighted by Crippen LogP contribution is 2.36. The van der Waals surface area contributed by atoms with Crippen LogP contribution in [0.1, 0.15) is 28.8 Å². The fraction of sp³-hybridized carbons (Fsp3) is 0.714. The predicted molar refractivity (Wildman–Crippen MR) is 45.8 cm³/mol. The van der Waals surface area contributed by atoms with Crippen LogP contribution in [0.2, 0.25) is 0 Å². The van der Waals surface area contributed by atoms with E-state index in [0.29, 0.717) is 17.0 Å². The van der Waals surface area contributed by atoms with Gasteiger partial charge in [-0.1, -0.05) is 11.3 Å². The molecule has 1 aromatic heterocycles. The first-order chi connectivity index (χ1) is 5.79. The first-order valence-corrected chi connectivity index (χ1v) is 4.80. The van der Waals surface area contributed by atoms with Crippen molar-refractivity contribution in [2.24, 2.45) is 5.73 Å². The number of nitrogens with two attached hydrogens (primary N) is 1. The molecule has 1 saturated carbocycles. The largest absolute Gasteiger partial charge is 0.389 e. The summed E-state index contributed by atoms with van der Waals surface area (Å²) in [4.78, 5) is 0. The second-order valence-corrected chi connectivity index (χ2v) is 4.21. The van der Waals surface area contributed by atoms with E-state index < -0.39 is 0 Å². The van der Waals surface area contributed by atoms with Crippen LogP contribution >= 0.6 is 11.3 Å². The molecule has 12 heavy (non-hydrogen) atoms. The van der Waals surface area contributed by atoms with E-state index in [2.05, 4.69) is 10.2 Å². The Morgan fingerprint density at radius 1 is 1.50 bits per heavy atom. The molecule has 1 aromatic rings. The van der Waals surface area contributed by atoms with Gasteiger partial charge in [-0.25, -0.2) is 0 Å². The van der Waals surface area contributed by atoms with E-state index in [9.17, 15) is 0 Å². The van der Waals surface area contributed by atoms with Crippen LogP contribution in [0.5, 0.6) is 0 Å². The van der Waals surface area contributed by atoms with Gasteiger partial charge in [0, 0.05) is 12.0 Å². The minimum absolute atomic E-state index is 0.00353. The van der Waals surface area contributed by atoms with Crippen molar-refractivity contribution in [3.05, 3.63) is 10.0 Å². The molecule has 3 N–H and O–H groups in total. The molecule has 0 aromatic carbocycles. The summed E-state index contributed by atoms with van der Waals surface area (Å²) < 4.78 is 0. The summed E-state index contributed by atoms with van der Waals surface area (Å²) in [5.41, 5.74) is 5.65. The van der Waals surface area contributed by atoms with Gasteiger partial charge in [0.1, 0.15) is 10.0 Å². The monoisotopic (exact) mass is 185 g/mol. The summed E-state index contributed by atoms with van der Waals surface area (Å²) in [6.07, 6.45) is 2.03. The maximum absolute atomic E-state index is 8.76. The number of aromatic nitrogens is 2. The van der Waals surface area contributed by atoms with Crippen molar-refractivity contribution < 1.29 is 5.11 Å². The minimum atomic E-state index is -0.00353. The van der Waals surface area contributed by atoms with Crippen molar-refractivity contribution in [2.75, 3.05) is 0 Å². The Kier molecular flexibility index (Phi) is 2.08. The Balaban J connectivity index is 2.04. The molecule has 1 aliphatic carbocycles. The topological polar surface area (TPSA) is 72.0 Å². The van der Waals surface area contributed by atoms with Crippen molar-refractivity contribution in [3.63, 3.8) is 0 Å². The van der Waals surface area contributed by atoms with E-state index in [4.69, 9.17) is 10.8 Å². The molecule has 0 unspecified atom stereocenters. The molecule has 1 aliphatic rings. The molecule has 2 rings (SSSR count). The zero-order valence-corrected chi connectivity index (χ0v) is 7.42. The van der Waals surface area contributed by atoms with Crippen LogP contribution in [0.3, 0.4) is 0 Å². The molecule has 0 atom stereocenters. The fourth-order valence-corrected chi connectivity index (χ4v) is 2.19. The molecule has 1 fully saturated rings. The maximum Gasteiger partial charge on any atom is 0.143 e. The molecule has 4 nitrogen and oxygen atoms in total. The lowest BCUT2D eigenvalue weighted by Gasteiger charge is -2.30. The van der Waals surface area contributed by atoms with Gasteiger partial charge in [-0.2, -0.15) is 0 Å². The normalized spacial score (nSPS) is 28.5. The first-order valence-electron chi connectivity index (χ1n) is 3.98. The third-order valence-electron chi connectivity index (χ3n) is 2.14. The third kappa shape index (κ3) is 1.35. The predicted octanol–water partition coefficient (Wildman–Crippen LogP) is 0.235. The standard InChI is InChI=1S/C7H11N3OS/c8-5-1-4(2-5)7-10-9-6(3-11)12-7/h4-5,11H,1-3,8H2/t4-,5+. The first kappa shape index (κ1) is 8.10. The molecular formula is C7H11N3OS. The molecule has 0 spiro atoms. The van der Waals surface area contributed by atoms with Crippen LogP contribution in [0.15, 0.2) is 0 Å². The lowest BCUT2D eigenvalue weighted by molar-refractivity contribution is 0.280. The number of hydrogen-bond acceptors (Lipinski definition) is 5. The van der Waals surface area contributed by atoms with Crippen LogP contribution in [0.25, 0.3) is 0 Å². The number of aliphatic hydroxyl groups is 1. The molecule has 1 heterocycles. The van der Waals surface area contributed by atoms with Crippen LogP contribution in [-0.4, -0.2) is 21.3 Å². The van der Waals surface area contributed by atoms with Crippen molar-refractivity contribution in [2.45, 2.75) is 31.4 Å². The Hall–Kier alpha value is -0.520. The van der Waals surface area contributed by atoms with Gasteiger partial charge in [0.05, 0.1) is 6.61 Å². The Morgan fingerprint density at radius 2 is 2.25 bits per heavy atom. The van der Waals surface area contributed by atoms with Crippen molar-refractivity contribution in [1.82, 2.24) is 10.2 Å². The van der Waals surface area contributed by atoms with E-state index >= 15 is 0 Å². The van der Waals surface area contributed by atoms with Gasteiger partial charge in [-0.05, 0) is 12.8 Å². The van der Waals surface area contributed by atoms with E-state index in [1.54, 1.807) is 0 Å². The molecule has 0 amide bonds. The Bertz CT molecular complexity index is 269. The van der Waals surface area contributed by atoms with Gasteiger partial charge in [0.25, 0.3) is 0 Å². The highest BCUT2D eigenvalue weighted by atomic mass is 32.1. The molecule has 66 valence electrons. The van der Waals surface area contributed by atoms with Crippen molar-refractivity contribution in [3.8, 4) is 0 Å². The lowest BCUT2D eigenvalue weighted by atomic mass is 9.81. The lowest BCUT2D eigenvalue weighted by Crippen LogP contribution is -2.34. The maximum atomic E-state index is 8.76. The smallest absolute Gasteiger partial charge is 0.143 e. The number of nitrogens with zero attached hydrogens (tertiary/aromatic N) is 2. The summed E-state index contributed by atoms with van der Waals surface area (Å²) >= 11 is 1.49. The molecular weight excluding hydrogens is 174 g/mol. The Morgan fingerprint density at radius 3 is 2.75 bits per heavy atom. The van der Waals surface area contributed by atoms with E-state index in [0.717, 1.165) is 17.8 Å². The zero-order valence-electron chi connectivity index (χ0n) is 6.60. The highest BCUT2D eigenvalue weighted by Gasteiger charge is 2.30. The van der Waals surface area contributed by atoms with E-state index in [1.165, 1.54) is 11.3 Å². The van der Waals surface area contributed by atoms with Gasteiger partial charge in [0.2, 0.25) is 0 Å². The molecule has 0 saturated heterocycles. The summed E-state index contributed by atoms with van der Waals surface area (Å²) in [5.74, 6) is 0.498. The SMILES string of the molecule is N[C@H]1C[C@@H](c2nnc(CO)s2)C1. The molecule has 0 aliphatic heterocycles. The van der Waals surface area contributed by atoms with Crippen molar-refractivity contribution >= 4 is 11.3 Å². The third-order valence-corrected chi connectivity index (χ3v) is 3.21. The molecule has 0 radical (unpaired) electrons. The van der Waals surface area contributed by atoms with Gasteiger partial charge >= 0.3 is 0 Å². The van der Waals surface area contributed by atoms with E-state index in [-0.39, 0.29) is 6.61 Å². The summed E-state index contributed by atoms with van der Waals surface area (Å²) in [6.45, 7) is -0.00353. The number of rotatable bonds is 2. The second-order valence-electron chi connectivity index (χ2n) is 3.12. The van der Waals surface area contributed by atoms with Gasteiger partial charge in [0.15, 0.2) is 0 Å². The minimum Gasteiger partial charge on any atom is -0.389 e. The van der Waals surface area contributed by atoms with Crippen LogP contribution in [0.4, 0.5) is 0 Å². The second kappa shape index (κ2) is 3.08. The van der Waals surface area contributed by atoms with Gasteiger partial charge in [-0.3, -0.25) is 0 Å².